The Morgan fingerprint density at radius 1 is 0.316 bits per heavy atom. The average Bonchev–Trinajstić information content (AvgIpc) is 3.63. The topological polar surface area (TPSA) is 69.4 Å². The van der Waals surface area contributed by atoms with Gasteiger partial charge in [-0.1, -0.05) is 109 Å². The molecule has 0 N–H and O–H groups in total. The van der Waals surface area contributed by atoms with Crippen LogP contribution in [-0.4, -0.2) is 29.5 Å². The zero-order valence-electron chi connectivity index (χ0n) is 30.7. The van der Waals surface area contributed by atoms with E-state index in [-0.39, 0.29) is 0 Å². The van der Waals surface area contributed by atoms with Gasteiger partial charge < -0.3 is 4.57 Å². The Morgan fingerprint density at radius 3 is 1.19 bits per heavy atom. The fourth-order valence-electron chi connectivity index (χ4n) is 7.81. The van der Waals surface area contributed by atoms with Crippen molar-refractivity contribution in [2.75, 3.05) is 0 Å². The third kappa shape index (κ3) is 5.88. The lowest BCUT2D eigenvalue weighted by Crippen LogP contribution is -2.01. The molecular weight excluding hydrogens is 697 g/mol. The van der Waals surface area contributed by atoms with E-state index in [4.69, 9.17) is 24.9 Å². The average molecular weight is 729 g/mol. The monoisotopic (exact) mass is 728 g/mol. The van der Waals surface area contributed by atoms with Crippen LogP contribution in [0.4, 0.5) is 0 Å². The molecule has 0 aliphatic rings. The number of rotatable bonds is 6. The summed E-state index contributed by atoms with van der Waals surface area (Å²) < 4.78 is 2.31. The number of hydrogen-bond donors (Lipinski definition) is 0. The summed E-state index contributed by atoms with van der Waals surface area (Å²) in [6.07, 6.45) is 3.69. The van der Waals surface area contributed by atoms with Crippen molar-refractivity contribution in [3.05, 3.63) is 194 Å². The molecule has 0 bridgehead atoms. The minimum atomic E-state index is 0.539. The smallest absolute Gasteiger partial charge is 0.165 e. The van der Waals surface area contributed by atoms with Crippen LogP contribution in [0.3, 0.4) is 0 Å². The zero-order valence-corrected chi connectivity index (χ0v) is 30.7. The van der Waals surface area contributed by atoms with E-state index in [2.05, 4.69) is 162 Å². The second kappa shape index (κ2) is 13.5. The van der Waals surface area contributed by atoms with E-state index in [1.807, 2.05) is 36.7 Å². The molecule has 6 nitrogen and oxygen atoms in total. The maximum Gasteiger partial charge on any atom is 0.165 e. The van der Waals surface area contributed by atoms with Crippen LogP contribution >= 0.6 is 0 Å². The van der Waals surface area contributed by atoms with Gasteiger partial charge in [0.15, 0.2) is 17.5 Å². The molecule has 0 spiro atoms. The second-order valence-electron chi connectivity index (χ2n) is 14.2. The standard InChI is InChI=1S/C51H32N6/c1-3-11-36-29-38(19-17-33(36)9-1)45-27-23-40(31-52-45)50-54-49(35-21-25-42(26-22-35)57-47-15-7-5-13-43(47)44-14-6-8-16-48(44)57)55-51(56-50)41-24-28-46(53-32-41)39-20-18-34-10-2-4-12-37(34)30-39/h1-32H. The first-order valence-corrected chi connectivity index (χ1v) is 19.0. The summed E-state index contributed by atoms with van der Waals surface area (Å²) in [6.45, 7) is 0. The molecule has 4 aromatic heterocycles. The van der Waals surface area contributed by atoms with Crippen molar-refractivity contribution in [3.8, 4) is 62.4 Å². The molecule has 0 amide bonds. The lowest BCUT2D eigenvalue weighted by Gasteiger charge is -2.11. The van der Waals surface area contributed by atoms with Crippen molar-refractivity contribution >= 4 is 43.4 Å². The van der Waals surface area contributed by atoms with Crippen LogP contribution in [0.1, 0.15) is 0 Å². The van der Waals surface area contributed by atoms with Gasteiger partial charge >= 0.3 is 0 Å². The highest BCUT2D eigenvalue weighted by Gasteiger charge is 2.16. The van der Waals surface area contributed by atoms with Crippen LogP contribution < -0.4 is 0 Å². The molecule has 6 heteroatoms. The van der Waals surface area contributed by atoms with Gasteiger partial charge in [0.2, 0.25) is 0 Å². The fourth-order valence-corrected chi connectivity index (χ4v) is 7.81. The van der Waals surface area contributed by atoms with E-state index in [1.54, 1.807) is 0 Å². The Balaban J connectivity index is 0.990. The van der Waals surface area contributed by atoms with Gasteiger partial charge in [0.25, 0.3) is 0 Å². The molecule has 7 aromatic carbocycles. The summed E-state index contributed by atoms with van der Waals surface area (Å²) in [5, 5.41) is 7.21. The zero-order chi connectivity index (χ0) is 37.7. The third-order valence-electron chi connectivity index (χ3n) is 10.7. The Kier molecular flexibility index (Phi) is 7.71. The largest absolute Gasteiger partial charge is 0.309 e. The first-order valence-electron chi connectivity index (χ1n) is 19.0. The minimum absolute atomic E-state index is 0.539. The van der Waals surface area contributed by atoms with E-state index in [0.717, 1.165) is 55.9 Å². The number of pyridine rings is 2. The number of para-hydroxylation sites is 2. The number of hydrogen-bond acceptors (Lipinski definition) is 5. The predicted octanol–water partition coefficient (Wildman–Crippen LogP) is 12.4. The lowest BCUT2D eigenvalue weighted by molar-refractivity contribution is 1.07. The van der Waals surface area contributed by atoms with E-state index < -0.39 is 0 Å². The van der Waals surface area contributed by atoms with Gasteiger partial charge in [0.05, 0.1) is 22.4 Å². The molecule has 11 aromatic rings. The van der Waals surface area contributed by atoms with Crippen LogP contribution in [0.2, 0.25) is 0 Å². The minimum Gasteiger partial charge on any atom is -0.309 e. The molecule has 0 saturated heterocycles. The highest BCUT2D eigenvalue weighted by molar-refractivity contribution is 6.09. The van der Waals surface area contributed by atoms with Gasteiger partial charge in [-0.05, 0) is 94.3 Å². The molecule has 57 heavy (non-hydrogen) atoms. The van der Waals surface area contributed by atoms with Crippen LogP contribution in [-0.2, 0) is 0 Å². The van der Waals surface area contributed by atoms with E-state index >= 15 is 0 Å². The Hall–Kier alpha value is -7.83. The summed E-state index contributed by atoms with van der Waals surface area (Å²) >= 11 is 0. The normalized spacial score (nSPS) is 11.5. The predicted molar refractivity (Wildman–Crippen MR) is 232 cm³/mol. The molecule has 266 valence electrons. The molecule has 4 heterocycles. The molecule has 0 aliphatic carbocycles. The number of nitrogens with zero attached hydrogens (tertiary/aromatic N) is 6. The van der Waals surface area contributed by atoms with Crippen LogP contribution in [0, 0.1) is 0 Å². The van der Waals surface area contributed by atoms with Crippen LogP contribution in [0.25, 0.3) is 106 Å². The van der Waals surface area contributed by atoms with Crippen molar-refractivity contribution in [3.63, 3.8) is 0 Å². The summed E-state index contributed by atoms with van der Waals surface area (Å²) in [7, 11) is 0. The second-order valence-corrected chi connectivity index (χ2v) is 14.2. The number of fused-ring (bicyclic) bond motifs is 5. The molecule has 0 radical (unpaired) electrons. The SMILES string of the molecule is c1ccc2cc(-c3ccc(-c4nc(-c5ccc(-n6c7ccccc7c7ccccc76)cc5)nc(-c5ccc(-c6ccc7ccccc7c6)nc5)n4)cn3)ccc2c1. The molecule has 0 unspecified atom stereocenters. The van der Waals surface area contributed by atoms with Crippen LogP contribution in [0.15, 0.2) is 194 Å². The van der Waals surface area contributed by atoms with Crippen molar-refractivity contribution in [2.24, 2.45) is 0 Å². The van der Waals surface area contributed by atoms with Gasteiger partial charge in [0, 0.05) is 56.7 Å². The highest BCUT2D eigenvalue weighted by Crippen LogP contribution is 2.33. The fraction of sp³-hybridized carbons (Fsp3) is 0. The van der Waals surface area contributed by atoms with Crippen LogP contribution in [0.5, 0.6) is 0 Å². The summed E-state index contributed by atoms with van der Waals surface area (Å²) in [4.78, 5) is 24.8. The summed E-state index contributed by atoms with van der Waals surface area (Å²) in [5.74, 6) is 1.65. The summed E-state index contributed by atoms with van der Waals surface area (Å²) in [5.41, 5.74) is 9.74. The Labute approximate surface area is 328 Å². The summed E-state index contributed by atoms with van der Waals surface area (Å²) in [6, 6.07) is 63.2. The molecule has 0 aliphatic heterocycles. The lowest BCUT2D eigenvalue weighted by atomic mass is 10.0. The first kappa shape index (κ1) is 32.6. The van der Waals surface area contributed by atoms with Crippen molar-refractivity contribution in [2.45, 2.75) is 0 Å². The van der Waals surface area contributed by atoms with E-state index in [0.29, 0.717) is 17.5 Å². The van der Waals surface area contributed by atoms with Gasteiger partial charge in [-0.2, -0.15) is 0 Å². The Bertz CT molecular complexity index is 3080. The van der Waals surface area contributed by atoms with Gasteiger partial charge in [-0.25, -0.2) is 15.0 Å². The molecule has 0 saturated carbocycles. The molecule has 0 fully saturated rings. The maximum absolute atomic E-state index is 5.04. The molecular formula is C51H32N6. The van der Waals surface area contributed by atoms with Crippen molar-refractivity contribution in [1.82, 2.24) is 29.5 Å². The van der Waals surface area contributed by atoms with Crippen molar-refractivity contribution in [1.29, 1.82) is 0 Å². The van der Waals surface area contributed by atoms with Gasteiger partial charge in [-0.15, -0.1) is 0 Å². The maximum atomic E-state index is 5.04. The quantitative estimate of drug-likeness (QED) is 0.170. The van der Waals surface area contributed by atoms with E-state index in [9.17, 15) is 0 Å². The Morgan fingerprint density at radius 2 is 0.719 bits per heavy atom. The first-order chi connectivity index (χ1) is 28.2. The van der Waals surface area contributed by atoms with Crippen molar-refractivity contribution < 1.29 is 0 Å². The van der Waals surface area contributed by atoms with E-state index in [1.165, 1.54) is 32.3 Å². The third-order valence-corrected chi connectivity index (χ3v) is 10.7. The number of benzene rings is 7. The molecule has 11 rings (SSSR count). The molecule has 0 atom stereocenters. The van der Waals surface area contributed by atoms with Gasteiger partial charge in [-0.3, -0.25) is 9.97 Å². The van der Waals surface area contributed by atoms with Gasteiger partial charge in [0.1, 0.15) is 0 Å². The number of aromatic nitrogens is 6. The highest BCUT2D eigenvalue weighted by atomic mass is 15.0.